The van der Waals surface area contributed by atoms with Crippen molar-refractivity contribution in [1.29, 1.82) is 0 Å². The maximum atomic E-state index is 12.0. The number of nitrogens with zero attached hydrogens (tertiary/aromatic N) is 1. The molecule has 1 aromatic heterocycles. The SMILES string of the molecule is CCSc1cc(-c2ccc3c(c2)COC2(CCN(C4CCC4)CC2)O3)c[nH]c1=O. The van der Waals surface area contributed by atoms with Crippen LogP contribution in [0, 0.1) is 0 Å². The molecule has 2 aromatic rings. The average molecular weight is 413 g/mol. The Kier molecular flexibility index (Phi) is 5.18. The van der Waals surface area contributed by atoms with Crippen LogP contribution in [0.25, 0.3) is 11.1 Å². The molecule has 6 heteroatoms. The predicted octanol–water partition coefficient (Wildman–Crippen LogP) is 4.41. The molecular weight excluding hydrogens is 384 g/mol. The predicted molar refractivity (Wildman–Crippen MR) is 115 cm³/mol. The maximum Gasteiger partial charge on any atom is 0.261 e. The third kappa shape index (κ3) is 3.74. The molecule has 1 aromatic carbocycles. The van der Waals surface area contributed by atoms with Gasteiger partial charge in [-0.05, 0) is 47.9 Å². The van der Waals surface area contributed by atoms with Gasteiger partial charge in [0.1, 0.15) is 5.75 Å². The lowest BCUT2D eigenvalue weighted by Gasteiger charge is -2.47. The summed E-state index contributed by atoms with van der Waals surface area (Å²) < 4.78 is 12.7. The molecule has 3 heterocycles. The van der Waals surface area contributed by atoms with E-state index in [1.165, 1.54) is 19.3 Å². The molecule has 0 atom stereocenters. The van der Waals surface area contributed by atoms with Gasteiger partial charge in [0.25, 0.3) is 5.56 Å². The van der Waals surface area contributed by atoms with Crippen LogP contribution < -0.4 is 10.3 Å². The van der Waals surface area contributed by atoms with Gasteiger partial charge in [-0.1, -0.05) is 19.4 Å². The van der Waals surface area contributed by atoms with Crippen LogP contribution in [0.15, 0.2) is 40.2 Å². The van der Waals surface area contributed by atoms with Crippen LogP contribution in [0.5, 0.6) is 5.75 Å². The number of aromatic amines is 1. The first-order valence-electron chi connectivity index (χ1n) is 10.7. The van der Waals surface area contributed by atoms with Crippen LogP contribution in [0.1, 0.15) is 44.6 Å². The van der Waals surface area contributed by atoms with E-state index in [2.05, 4.69) is 35.0 Å². The third-order valence-corrected chi connectivity index (χ3v) is 7.40. The number of ether oxygens (including phenoxy) is 2. The molecule has 2 aliphatic heterocycles. The van der Waals surface area contributed by atoms with Crippen molar-refractivity contribution in [3.8, 4) is 16.9 Å². The van der Waals surface area contributed by atoms with Gasteiger partial charge in [0.15, 0.2) is 0 Å². The molecule has 1 spiro atoms. The summed E-state index contributed by atoms with van der Waals surface area (Å²) in [4.78, 5) is 18.2. The average Bonchev–Trinajstić information content (AvgIpc) is 2.70. The Balaban J connectivity index is 1.32. The van der Waals surface area contributed by atoms with E-state index < -0.39 is 5.79 Å². The molecule has 0 radical (unpaired) electrons. The number of nitrogens with one attached hydrogen (secondary N) is 1. The van der Waals surface area contributed by atoms with Gasteiger partial charge in [0, 0.05) is 43.7 Å². The molecule has 29 heavy (non-hydrogen) atoms. The van der Waals surface area contributed by atoms with Crippen LogP contribution in [0.3, 0.4) is 0 Å². The summed E-state index contributed by atoms with van der Waals surface area (Å²) in [7, 11) is 0. The fourth-order valence-electron chi connectivity index (χ4n) is 4.53. The second-order valence-corrected chi connectivity index (χ2v) is 9.57. The third-order valence-electron chi connectivity index (χ3n) is 6.50. The molecule has 0 amide bonds. The fourth-order valence-corrected chi connectivity index (χ4v) is 5.24. The highest BCUT2D eigenvalue weighted by Gasteiger charge is 2.42. The van der Waals surface area contributed by atoms with E-state index in [0.717, 1.165) is 65.1 Å². The lowest BCUT2D eigenvalue weighted by molar-refractivity contribution is -0.231. The number of pyridine rings is 1. The molecule has 1 saturated carbocycles. The standard InChI is InChI=1S/C23H28N2O3S/c1-2-29-21-13-17(14-24-22(21)26)16-6-7-20-18(12-16)15-27-23(28-20)8-10-25(11-9-23)19-4-3-5-19/h6-7,12-14,19H,2-5,8-11,15H2,1H3,(H,24,26). The minimum atomic E-state index is -0.461. The van der Waals surface area contributed by atoms with E-state index in [4.69, 9.17) is 9.47 Å². The second kappa shape index (κ2) is 7.82. The van der Waals surface area contributed by atoms with Crippen molar-refractivity contribution < 1.29 is 9.47 Å². The molecule has 2 fully saturated rings. The van der Waals surface area contributed by atoms with Crippen molar-refractivity contribution in [1.82, 2.24) is 9.88 Å². The van der Waals surface area contributed by atoms with Gasteiger partial charge in [-0.2, -0.15) is 0 Å². The summed E-state index contributed by atoms with van der Waals surface area (Å²) in [5.41, 5.74) is 3.13. The number of aromatic nitrogens is 1. The Hall–Kier alpha value is -1.76. The minimum Gasteiger partial charge on any atom is -0.462 e. The van der Waals surface area contributed by atoms with Crippen LogP contribution in [-0.4, -0.2) is 40.6 Å². The number of likely N-dealkylation sites (tertiary alicyclic amines) is 1. The van der Waals surface area contributed by atoms with Crippen molar-refractivity contribution >= 4 is 11.8 Å². The van der Waals surface area contributed by atoms with Gasteiger partial charge in [0.2, 0.25) is 5.79 Å². The quantitative estimate of drug-likeness (QED) is 0.754. The van der Waals surface area contributed by atoms with Crippen molar-refractivity contribution in [2.45, 2.75) is 62.4 Å². The van der Waals surface area contributed by atoms with Crippen LogP contribution in [0.4, 0.5) is 0 Å². The number of rotatable bonds is 4. The summed E-state index contributed by atoms with van der Waals surface area (Å²) in [6.45, 7) is 4.75. The fraction of sp³-hybridized carbons (Fsp3) is 0.522. The first-order chi connectivity index (χ1) is 14.2. The van der Waals surface area contributed by atoms with Gasteiger partial charge in [-0.15, -0.1) is 11.8 Å². The van der Waals surface area contributed by atoms with E-state index in [9.17, 15) is 4.79 Å². The zero-order chi connectivity index (χ0) is 19.8. The number of hydrogen-bond acceptors (Lipinski definition) is 5. The van der Waals surface area contributed by atoms with Crippen molar-refractivity contribution in [2.75, 3.05) is 18.8 Å². The summed E-state index contributed by atoms with van der Waals surface area (Å²) in [5.74, 6) is 1.35. The number of piperidine rings is 1. The first kappa shape index (κ1) is 19.2. The maximum absolute atomic E-state index is 12.0. The highest BCUT2D eigenvalue weighted by atomic mass is 32.2. The van der Waals surface area contributed by atoms with Crippen LogP contribution in [0.2, 0.25) is 0 Å². The zero-order valence-corrected chi connectivity index (χ0v) is 17.7. The topological polar surface area (TPSA) is 54.6 Å². The first-order valence-corrected chi connectivity index (χ1v) is 11.7. The molecule has 0 bridgehead atoms. The molecule has 0 unspecified atom stereocenters. The molecule has 3 aliphatic rings. The Morgan fingerprint density at radius 3 is 2.76 bits per heavy atom. The van der Waals surface area contributed by atoms with Crippen LogP contribution >= 0.6 is 11.8 Å². The smallest absolute Gasteiger partial charge is 0.261 e. The zero-order valence-electron chi connectivity index (χ0n) is 16.9. The number of benzene rings is 1. The van der Waals surface area contributed by atoms with Gasteiger partial charge in [-0.3, -0.25) is 9.69 Å². The van der Waals surface area contributed by atoms with Gasteiger partial charge in [-0.25, -0.2) is 0 Å². The molecule has 5 nitrogen and oxygen atoms in total. The molecule has 154 valence electrons. The van der Waals surface area contributed by atoms with E-state index in [1.54, 1.807) is 18.0 Å². The summed E-state index contributed by atoms with van der Waals surface area (Å²) >= 11 is 1.56. The van der Waals surface area contributed by atoms with Crippen molar-refractivity contribution in [3.05, 3.63) is 46.4 Å². The number of thioether (sulfide) groups is 1. The summed E-state index contributed by atoms with van der Waals surface area (Å²) in [6, 6.07) is 9.02. The highest BCUT2D eigenvalue weighted by Crippen LogP contribution is 2.40. The van der Waals surface area contributed by atoms with E-state index in [1.807, 2.05) is 6.07 Å². The normalized spacial score (nSPS) is 21.4. The number of hydrogen-bond donors (Lipinski definition) is 1. The van der Waals surface area contributed by atoms with Gasteiger partial charge < -0.3 is 14.5 Å². The minimum absolute atomic E-state index is 0.0274. The number of H-pyrrole nitrogens is 1. The lowest BCUT2D eigenvalue weighted by Crippen LogP contribution is -2.54. The van der Waals surface area contributed by atoms with E-state index in [0.29, 0.717) is 6.61 Å². The molecule has 5 rings (SSSR count). The highest BCUT2D eigenvalue weighted by molar-refractivity contribution is 7.99. The molecule has 1 aliphatic carbocycles. The monoisotopic (exact) mass is 412 g/mol. The van der Waals surface area contributed by atoms with E-state index in [-0.39, 0.29) is 5.56 Å². The molecule has 1 N–H and O–H groups in total. The Labute approximate surface area is 175 Å². The molecule has 1 saturated heterocycles. The van der Waals surface area contributed by atoms with Gasteiger partial charge in [0.05, 0.1) is 11.5 Å². The Morgan fingerprint density at radius 2 is 2.03 bits per heavy atom. The number of fused-ring (bicyclic) bond motifs is 1. The van der Waals surface area contributed by atoms with Crippen molar-refractivity contribution in [3.63, 3.8) is 0 Å². The van der Waals surface area contributed by atoms with Crippen molar-refractivity contribution in [2.24, 2.45) is 0 Å². The molecular formula is C23H28N2O3S. The summed E-state index contributed by atoms with van der Waals surface area (Å²) in [6.07, 6.45) is 7.73. The lowest BCUT2D eigenvalue weighted by atomic mass is 9.89. The Bertz CT molecular complexity index is 945. The largest absolute Gasteiger partial charge is 0.462 e. The van der Waals surface area contributed by atoms with E-state index >= 15 is 0 Å². The van der Waals surface area contributed by atoms with Gasteiger partial charge >= 0.3 is 0 Å². The Morgan fingerprint density at radius 1 is 1.21 bits per heavy atom. The summed E-state index contributed by atoms with van der Waals surface area (Å²) in [5, 5.41) is 0. The second-order valence-electron chi connectivity index (χ2n) is 8.26. The van der Waals surface area contributed by atoms with Crippen LogP contribution in [-0.2, 0) is 11.3 Å².